The van der Waals surface area contributed by atoms with Crippen molar-refractivity contribution in [1.29, 1.82) is 0 Å². The first kappa shape index (κ1) is 10.2. The Labute approximate surface area is 93.7 Å². The first-order chi connectivity index (χ1) is 7.09. The van der Waals surface area contributed by atoms with Gasteiger partial charge in [-0.2, -0.15) is 4.98 Å². The summed E-state index contributed by atoms with van der Waals surface area (Å²) in [4.78, 5) is 10.4. The molecule has 78 valence electrons. The summed E-state index contributed by atoms with van der Waals surface area (Å²) in [6, 6.07) is 6.03. The van der Waals surface area contributed by atoms with Gasteiger partial charge in [-0.15, -0.1) is 0 Å². The van der Waals surface area contributed by atoms with Gasteiger partial charge in [0.1, 0.15) is 5.82 Å². The average Bonchev–Trinajstić information content (AvgIpc) is 2.18. The zero-order valence-electron chi connectivity index (χ0n) is 8.95. The number of para-hydroxylation sites is 1. The molecule has 0 saturated heterocycles. The fourth-order valence-electron chi connectivity index (χ4n) is 1.59. The van der Waals surface area contributed by atoms with Gasteiger partial charge in [0.25, 0.3) is 0 Å². The minimum atomic E-state index is 0.292. The van der Waals surface area contributed by atoms with Gasteiger partial charge in [0.15, 0.2) is 0 Å². The number of hydrogen-bond acceptors (Lipinski definition) is 3. The molecule has 0 fully saturated rings. The molecular formula is C11H12ClN3. The SMILES string of the molecule is Cc1cccc2c(N(C)C)nc(Cl)nc12. The van der Waals surface area contributed by atoms with Crippen LogP contribution < -0.4 is 4.90 Å². The lowest BCUT2D eigenvalue weighted by atomic mass is 10.1. The van der Waals surface area contributed by atoms with Crippen LogP contribution in [-0.2, 0) is 0 Å². The molecule has 0 N–H and O–H groups in total. The molecule has 0 atom stereocenters. The maximum atomic E-state index is 5.89. The van der Waals surface area contributed by atoms with Crippen LogP contribution in [0.2, 0.25) is 5.28 Å². The van der Waals surface area contributed by atoms with E-state index in [1.807, 2.05) is 44.1 Å². The quantitative estimate of drug-likeness (QED) is 0.694. The minimum absolute atomic E-state index is 0.292. The zero-order valence-corrected chi connectivity index (χ0v) is 9.71. The lowest BCUT2D eigenvalue weighted by Gasteiger charge is -2.14. The van der Waals surface area contributed by atoms with Gasteiger partial charge in [0, 0.05) is 19.5 Å². The van der Waals surface area contributed by atoms with Gasteiger partial charge < -0.3 is 4.90 Å². The van der Waals surface area contributed by atoms with E-state index in [9.17, 15) is 0 Å². The third-order valence-electron chi connectivity index (χ3n) is 2.30. The Balaban J connectivity index is 2.86. The number of benzene rings is 1. The van der Waals surface area contributed by atoms with Crippen molar-refractivity contribution in [2.24, 2.45) is 0 Å². The maximum Gasteiger partial charge on any atom is 0.224 e. The topological polar surface area (TPSA) is 29.0 Å². The van der Waals surface area contributed by atoms with Crippen molar-refractivity contribution < 1.29 is 0 Å². The molecule has 2 aromatic rings. The lowest BCUT2D eigenvalue weighted by molar-refractivity contribution is 1.06. The molecule has 0 aliphatic carbocycles. The predicted octanol–water partition coefficient (Wildman–Crippen LogP) is 2.66. The van der Waals surface area contributed by atoms with Crippen LogP contribution >= 0.6 is 11.6 Å². The van der Waals surface area contributed by atoms with Crippen LogP contribution in [0.1, 0.15) is 5.56 Å². The molecule has 0 saturated carbocycles. The van der Waals surface area contributed by atoms with Gasteiger partial charge >= 0.3 is 0 Å². The van der Waals surface area contributed by atoms with Gasteiger partial charge in [0.2, 0.25) is 5.28 Å². The summed E-state index contributed by atoms with van der Waals surface area (Å²) >= 11 is 5.89. The van der Waals surface area contributed by atoms with Crippen LogP contribution in [0.15, 0.2) is 18.2 Å². The highest BCUT2D eigenvalue weighted by atomic mass is 35.5. The lowest BCUT2D eigenvalue weighted by Crippen LogP contribution is -2.12. The summed E-state index contributed by atoms with van der Waals surface area (Å²) in [5.74, 6) is 0.855. The summed E-state index contributed by atoms with van der Waals surface area (Å²) in [5, 5.41) is 1.32. The monoisotopic (exact) mass is 221 g/mol. The van der Waals surface area contributed by atoms with E-state index in [4.69, 9.17) is 11.6 Å². The number of hydrogen-bond donors (Lipinski definition) is 0. The Kier molecular flexibility index (Phi) is 2.49. The van der Waals surface area contributed by atoms with E-state index in [1.54, 1.807) is 0 Å². The molecule has 1 heterocycles. The summed E-state index contributed by atoms with van der Waals surface area (Å²) in [7, 11) is 3.89. The fourth-order valence-corrected chi connectivity index (χ4v) is 1.76. The Bertz CT molecular complexity index is 508. The summed E-state index contributed by atoms with van der Waals surface area (Å²) in [6.45, 7) is 2.02. The van der Waals surface area contributed by atoms with E-state index in [0.29, 0.717) is 5.28 Å². The summed E-state index contributed by atoms with van der Waals surface area (Å²) in [5.41, 5.74) is 2.03. The molecule has 3 nitrogen and oxygen atoms in total. The van der Waals surface area contributed by atoms with E-state index >= 15 is 0 Å². The van der Waals surface area contributed by atoms with E-state index in [2.05, 4.69) is 9.97 Å². The number of aryl methyl sites for hydroxylation is 1. The highest BCUT2D eigenvalue weighted by Crippen LogP contribution is 2.25. The van der Waals surface area contributed by atoms with Crippen molar-refractivity contribution in [3.05, 3.63) is 29.0 Å². The predicted molar refractivity (Wildman–Crippen MR) is 63.6 cm³/mol. The Morgan fingerprint density at radius 2 is 1.93 bits per heavy atom. The second-order valence-corrected chi connectivity index (χ2v) is 4.02. The molecule has 1 aromatic heterocycles. The van der Waals surface area contributed by atoms with Gasteiger partial charge in [-0.1, -0.05) is 12.1 Å². The normalized spacial score (nSPS) is 10.7. The van der Waals surface area contributed by atoms with E-state index in [1.165, 1.54) is 0 Å². The molecule has 1 aromatic carbocycles. The minimum Gasteiger partial charge on any atom is -0.362 e. The Morgan fingerprint density at radius 3 is 2.60 bits per heavy atom. The maximum absolute atomic E-state index is 5.89. The largest absolute Gasteiger partial charge is 0.362 e. The second kappa shape index (κ2) is 3.66. The third-order valence-corrected chi connectivity index (χ3v) is 2.47. The van der Waals surface area contributed by atoms with E-state index in [-0.39, 0.29) is 0 Å². The Morgan fingerprint density at radius 1 is 1.20 bits per heavy atom. The number of rotatable bonds is 1. The van der Waals surface area contributed by atoms with E-state index < -0.39 is 0 Å². The summed E-state index contributed by atoms with van der Waals surface area (Å²) < 4.78 is 0. The van der Waals surface area contributed by atoms with Gasteiger partial charge in [0.05, 0.1) is 5.52 Å². The number of nitrogens with zero attached hydrogens (tertiary/aromatic N) is 3. The molecule has 2 rings (SSSR count). The van der Waals surface area contributed by atoms with Crippen LogP contribution in [0.4, 0.5) is 5.82 Å². The first-order valence-corrected chi connectivity index (χ1v) is 5.07. The van der Waals surface area contributed by atoms with Crippen LogP contribution in [0.3, 0.4) is 0 Å². The molecule has 4 heteroatoms. The van der Waals surface area contributed by atoms with Crippen molar-refractivity contribution in [2.45, 2.75) is 6.92 Å². The van der Waals surface area contributed by atoms with Crippen molar-refractivity contribution >= 4 is 28.3 Å². The van der Waals surface area contributed by atoms with E-state index in [0.717, 1.165) is 22.3 Å². The van der Waals surface area contributed by atoms with Crippen molar-refractivity contribution in [3.8, 4) is 0 Å². The molecule has 0 aliphatic heterocycles. The molecule has 0 unspecified atom stereocenters. The fraction of sp³-hybridized carbons (Fsp3) is 0.273. The smallest absolute Gasteiger partial charge is 0.224 e. The van der Waals surface area contributed by atoms with Crippen molar-refractivity contribution in [1.82, 2.24) is 9.97 Å². The highest BCUT2D eigenvalue weighted by molar-refractivity contribution is 6.28. The molecule has 0 radical (unpaired) electrons. The standard InChI is InChI=1S/C11H12ClN3/c1-7-5-4-6-8-9(7)13-11(12)14-10(8)15(2)3/h4-6H,1-3H3. The Hall–Kier alpha value is -1.35. The molecular weight excluding hydrogens is 210 g/mol. The molecule has 15 heavy (non-hydrogen) atoms. The first-order valence-electron chi connectivity index (χ1n) is 4.70. The number of aromatic nitrogens is 2. The average molecular weight is 222 g/mol. The molecule has 0 aliphatic rings. The van der Waals surface area contributed by atoms with Crippen LogP contribution in [0.5, 0.6) is 0 Å². The number of anilines is 1. The van der Waals surface area contributed by atoms with Gasteiger partial charge in [-0.3, -0.25) is 0 Å². The second-order valence-electron chi connectivity index (χ2n) is 3.68. The number of fused-ring (bicyclic) bond motifs is 1. The molecule has 0 amide bonds. The van der Waals surface area contributed by atoms with Crippen molar-refractivity contribution in [2.75, 3.05) is 19.0 Å². The summed E-state index contributed by atoms with van der Waals surface area (Å²) in [6.07, 6.45) is 0. The van der Waals surface area contributed by atoms with Crippen LogP contribution in [0.25, 0.3) is 10.9 Å². The molecule has 0 spiro atoms. The van der Waals surface area contributed by atoms with Crippen LogP contribution in [-0.4, -0.2) is 24.1 Å². The van der Waals surface area contributed by atoms with Gasteiger partial charge in [-0.05, 0) is 30.2 Å². The third kappa shape index (κ3) is 1.75. The zero-order chi connectivity index (χ0) is 11.0. The van der Waals surface area contributed by atoms with Gasteiger partial charge in [-0.25, -0.2) is 4.98 Å². The molecule has 0 bridgehead atoms. The number of halogens is 1. The van der Waals surface area contributed by atoms with Crippen LogP contribution in [0, 0.1) is 6.92 Å². The highest BCUT2D eigenvalue weighted by Gasteiger charge is 2.09. The van der Waals surface area contributed by atoms with Crippen molar-refractivity contribution in [3.63, 3.8) is 0 Å².